The molecule has 0 N–H and O–H groups in total. The van der Waals surface area contributed by atoms with Gasteiger partial charge in [-0.1, -0.05) is 81.6 Å². The van der Waals surface area contributed by atoms with Crippen molar-refractivity contribution in [2.45, 2.75) is 77.0 Å². The average molecular weight is 327 g/mol. The summed E-state index contributed by atoms with van der Waals surface area (Å²) in [6.07, 6.45) is 12.2. The summed E-state index contributed by atoms with van der Waals surface area (Å²) < 4.78 is 0. The van der Waals surface area contributed by atoms with Crippen LogP contribution in [0.4, 0.5) is 0 Å². The molecule has 1 aliphatic carbocycles. The van der Waals surface area contributed by atoms with E-state index in [2.05, 4.69) is 26.0 Å². The van der Waals surface area contributed by atoms with Gasteiger partial charge in [0.05, 0.1) is 10.0 Å². The molecule has 0 heterocycles. The first-order valence-electron chi connectivity index (χ1n) is 8.50. The molecule has 2 heteroatoms. The van der Waals surface area contributed by atoms with Crippen molar-refractivity contribution < 1.29 is 0 Å². The number of hydrogen-bond donors (Lipinski definition) is 0. The second-order valence-electron chi connectivity index (χ2n) is 6.98. The lowest BCUT2D eigenvalue weighted by Crippen LogP contribution is -2.21. The van der Waals surface area contributed by atoms with Gasteiger partial charge in [0.15, 0.2) is 0 Å². The summed E-state index contributed by atoms with van der Waals surface area (Å²) in [5.41, 5.74) is 1.64. The lowest BCUT2D eigenvalue weighted by Gasteiger charge is -2.29. The van der Waals surface area contributed by atoms with Crippen LogP contribution in [0.5, 0.6) is 0 Å². The molecular formula is C19H28Cl2. The molecule has 21 heavy (non-hydrogen) atoms. The van der Waals surface area contributed by atoms with Crippen molar-refractivity contribution in [3.05, 3.63) is 33.8 Å². The molecule has 0 spiro atoms. The number of benzene rings is 1. The van der Waals surface area contributed by atoms with E-state index >= 15 is 0 Å². The summed E-state index contributed by atoms with van der Waals surface area (Å²) in [5, 5.41) is 1.36. The molecule has 2 rings (SSSR count). The highest BCUT2D eigenvalue weighted by Crippen LogP contribution is 2.42. The molecule has 1 aromatic rings. The Morgan fingerprint density at radius 3 is 2.62 bits per heavy atom. The van der Waals surface area contributed by atoms with Gasteiger partial charge in [-0.25, -0.2) is 0 Å². The minimum absolute atomic E-state index is 0.272. The predicted octanol–water partition coefficient (Wildman–Crippen LogP) is 7.41. The fourth-order valence-electron chi connectivity index (χ4n) is 3.70. The van der Waals surface area contributed by atoms with Gasteiger partial charge in [0.1, 0.15) is 0 Å². The highest BCUT2D eigenvalue weighted by Gasteiger charge is 2.30. The molecule has 1 aliphatic rings. The molecule has 2 atom stereocenters. The van der Waals surface area contributed by atoms with Gasteiger partial charge in [-0.3, -0.25) is 0 Å². The van der Waals surface area contributed by atoms with Crippen molar-refractivity contribution in [1.29, 1.82) is 0 Å². The number of unbranched alkanes of at least 4 members (excludes halogenated alkanes) is 2. The number of halogens is 2. The topological polar surface area (TPSA) is 0 Å². The van der Waals surface area contributed by atoms with Crippen molar-refractivity contribution in [3.63, 3.8) is 0 Å². The molecule has 1 aromatic carbocycles. The van der Waals surface area contributed by atoms with E-state index in [1.807, 2.05) is 6.07 Å². The van der Waals surface area contributed by atoms with E-state index in [-0.39, 0.29) is 5.41 Å². The molecule has 118 valence electrons. The molecule has 1 saturated carbocycles. The van der Waals surface area contributed by atoms with Gasteiger partial charge in [-0.2, -0.15) is 0 Å². The van der Waals surface area contributed by atoms with Gasteiger partial charge in [-0.15, -0.1) is 0 Å². The zero-order valence-corrected chi connectivity index (χ0v) is 14.9. The Kier molecular flexibility index (Phi) is 6.44. The first-order chi connectivity index (χ1) is 10.0. The van der Waals surface area contributed by atoms with Crippen molar-refractivity contribution in [2.75, 3.05) is 0 Å². The van der Waals surface area contributed by atoms with Gasteiger partial charge < -0.3 is 0 Å². The zero-order valence-electron chi connectivity index (χ0n) is 13.4. The Bertz CT molecular complexity index is 455. The van der Waals surface area contributed by atoms with Gasteiger partial charge in [-0.05, 0) is 48.3 Å². The minimum Gasteiger partial charge on any atom is -0.0827 e. The van der Waals surface area contributed by atoms with E-state index in [9.17, 15) is 0 Å². The summed E-state index contributed by atoms with van der Waals surface area (Å²) >= 11 is 12.3. The lowest BCUT2D eigenvalue weighted by molar-refractivity contribution is 0.378. The van der Waals surface area contributed by atoms with E-state index in [0.717, 1.165) is 5.92 Å². The Hall–Kier alpha value is -0.200. The van der Waals surface area contributed by atoms with Crippen LogP contribution in [-0.4, -0.2) is 0 Å². The normalized spacial score (nSPS) is 26.6. The van der Waals surface area contributed by atoms with Crippen LogP contribution in [0.1, 0.15) is 77.2 Å². The highest BCUT2D eigenvalue weighted by molar-refractivity contribution is 6.42. The van der Waals surface area contributed by atoms with E-state index in [1.165, 1.54) is 63.4 Å². The SMILES string of the molecule is CCCCCC1CCC[C@](C)(c2ccc(Cl)c(Cl)c2)CC1. The number of rotatable bonds is 5. The number of hydrogen-bond acceptors (Lipinski definition) is 0. The van der Waals surface area contributed by atoms with Gasteiger partial charge in [0.2, 0.25) is 0 Å². The lowest BCUT2D eigenvalue weighted by atomic mass is 9.76. The maximum atomic E-state index is 6.22. The van der Waals surface area contributed by atoms with E-state index < -0.39 is 0 Å². The molecule has 0 aromatic heterocycles. The summed E-state index contributed by atoms with van der Waals surface area (Å²) in [7, 11) is 0. The van der Waals surface area contributed by atoms with Crippen LogP contribution in [0.2, 0.25) is 10.0 Å². The molecule has 0 aliphatic heterocycles. The van der Waals surface area contributed by atoms with Gasteiger partial charge >= 0.3 is 0 Å². The summed E-state index contributed by atoms with van der Waals surface area (Å²) in [6.45, 7) is 4.69. The molecule has 0 nitrogen and oxygen atoms in total. The van der Waals surface area contributed by atoms with Crippen LogP contribution < -0.4 is 0 Å². The molecule has 0 radical (unpaired) electrons. The van der Waals surface area contributed by atoms with Crippen LogP contribution in [0.25, 0.3) is 0 Å². The first-order valence-corrected chi connectivity index (χ1v) is 9.26. The highest BCUT2D eigenvalue weighted by atomic mass is 35.5. The Morgan fingerprint density at radius 1 is 1.10 bits per heavy atom. The third kappa shape index (κ3) is 4.63. The minimum atomic E-state index is 0.272. The summed E-state index contributed by atoms with van der Waals surface area (Å²) in [5.74, 6) is 0.932. The van der Waals surface area contributed by atoms with Crippen molar-refractivity contribution in [2.24, 2.45) is 5.92 Å². The van der Waals surface area contributed by atoms with E-state index in [1.54, 1.807) is 0 Å². The van der Waals surface area contributed by atoms with E-state index in [0.29, 0.717) is 10.0 Å². The standard InChI is InChI=1S/C19H28Cl2/c1-3-4-5-7-15-8-6-12-19(2,13-11-15)16-9-10-17(20)18(21)14-16/h9-10,14-15H,3-8,11-13H2,1-2H3/t15?,19-/m0/s1. The van der Waals surface area contributed by atoms with Gasteiger partial charge in [0.25, 0.3) is 0 Å². The van der Waals surface area contributed by atoms with Crippen molar-refractivity contribution in [1.82, 2.24) is 0 Å². The molecular weight excluding hydrogens is 299 g/mol. The molecule has 1 unspecified atom stereocenters. The van der Waals surface area contributed by atoms with Crippen LogP contribution in [-0.2, 0) is 5.41 Å². The first kappa shape index (κ1) is 17.2. The van der Waals surface area contributed by atoms with Crippen LogP contribution in [0.3, 0.4) is 0 Å². The second kappa shape index (κ2) is 7.88. The third-order valence-electron chi connectivity index (χ3n) is 5.28. The Balaban J connectivity index is 2.01. The van der Waals surface area contributed by atoms with Crippen LogP contribution >= 0.6 is 23.2 Å². The van der Waals surface area contributed by atoms with Crippen LogP contribution in [0.15, 0.2) is 18.2 Å². The predicted molar refractivity (Wildman–Crippen MR) is 94.5 cm³/mol. The van der Waals surface area contributed by atoms with E-state index in [4.69, 9.17) is 23.2 Å². The third-order valence-corrected chi connectivity index (χ3v) is 6.02. The van der Waals surface area contributed by atoms with Crippen molar-refractivity contribution in [3.8, 4) is 0 Å². The van der Waals surface area contributed by atoms with Crippen molar-refractivity contribution >= 4 is 23.2 Å². The Morgan fingerprint density at radius 2 is 1.90 bits per heavy atom. The average Bonchev–Trinajstić information content (AvgIpc) is 2.65. The van der Waals surface area contributed by atoms with Crippen LogP contribution in [0, 0.1) is 5.92 Å². The fourth-order valence-corrected chi connectivity index (χ4v) is 4.00. The summed E-state index contributed by atoms with van der Waals surface area (Å²) in [6, 6.07) is 6.21. The maximum Gasteiger partial charge on any atom is 0.0595 e. The summed E-state index contributed by atoms with van der Waals surface area (Å²) in [4.78, 5) is 0. The quantitative estimate of drug-likeness (QED) is 0.390. The Labute approximate surface area is 140 Å². The monoisotopic (exact) mass is 326 g/mol. The maximum absolute atomic E-state index is 6.22. The molecule has 1 fully saturated rings. The second-order valence-corrected chi connectivity index (χ2v) is 7.80. The molecule has 0 saturated heterocycles. The largest absolute Gasteiger partial charge is 0.0827 e. The fraction of sp³-hybridized carbons (Fsp3) is 0.684. The van der Waals surface area contributed by atoms with Gasteiger partial charge in [0, 0.05) is 0 Å². The smallest absolute Gasteiger partial charge is 0.0595 e. The zero-order chi connectivity index (χ0) is 15.3. The molecule has 0 amide bonds. The molecule has 0 bridgehead atoms.